The second kappa shape index (κ2) is 9.98. The maximum absolute atomic E-state index is 8.13. The van der Waals surface area contributed by atoms with Gasteiger partial charge in [-0.15, -0.1) is 0 Å². The van der Waals surface area contributed by atoms with E-state index in [1.807, 2.05) is 0 Å². The molecule has 0 aliphatic rings. The molecule has 0 radical (unpaired) electrons. The predicted octanol–water partition coefficient (Wildman–Crippen LogP) is -5.93. The summed E-state index contributed by atoms with van der Waals surface area (Å²) in [5.41, 5.74) is 0. The van der Waals surface area contributed by atoms with Crippen molar-refractivity contribution in [2.45, 2.75) is 0 Å². The average molecular weight is 289 g/mol. The van der Waals surface area contributed by atoms with Gasteiger partial charge in [0.2, 0.25) is 0 Å². The molecule has 0 aliphatic carbocycles. The number of nitrogens with zero attached hydrogens (tertiary/aromatic N) is 4. The molecule has 0 rings (SSSR count). The molecule has 0 N–H and O–H groups in total. The topological polar surface area (TPSA) is 95.2 Å². The summed E-state index contributed by atoms with van der Waals surface area (Å²) in [5.74, 6) is 0. The predicted molar refractivity (Wildman–Crippen MR) is 22.5 cm³/mol. The third-order valence-electron chi connectivity index (χ3n) is 0.424. The fourth-order valence-corrected chi connectivity index (χ4v) is 0.561. The first kappa shape index (κ1) is 18.6. The van der Waals surface area contributed by atoms with E-state index in [0.29, 0.717) is 0 Å². The van der Waals surface area contributed by atoms with Gasteiger partial charge in [-0.3, -0.25) is 0 Å². The molecule has 11 heavy (non-hydrogen) atoms. The Kier molecular flexibility index (Phi) is 16.9. The maximum atomic E-state index is 8.13. The van der Waals surface area contributed by atoms with Crippen LogP contribution in [0.4, 0.5) is 0 Å². The molecule has 4 nitrogen and oxygen atoms in total. The van der Waals surface area contributed by atoms with Crippen molar-refractivity contribution in [3.8, 4) is 18.2 Å². The van der Waals surface area contributed by atoms with E-state index in [2.05, 4.69) is 0 Å². The second-order valence-corrected chi connectivity index (χ2v) is 4.48. The van der Waals surface area contributed by atoms with Gasteiger partial charge in [-0.05, 0) is 0 Å². The quantitative estimate of drug-likeness (QED) is 0.415. The fourth-order valence-electron chi connectivity index (χ4n) is 0.0949. The van der Waals surface area contributed by atoms with Crippen LogP contribution in [0.3, 0.4) is 0 Å². The van der Waals surface area contributed by atoms with Gasteiger partial charge in [-0.1, -0.05) is 0 Å². The van der Waals surface area contributed by atoms with E-state index in [1.165, 1.54) is 18.2 Å². The summed E-state index contributed by atoms with van der Waals surface area (Å²) in [5, 5.41) is 32.5. The van der Waals surface area contributed by atoms with E-state index in [1.54, 1.807) is 0 Å². The van der Waals surface area contributed by atoms with Crippen molar-refractivity contribution in [1.29, 1.82) is 21.0 Å². The van der Waals surface area contributed by atoms with Gasteiger partial charge < -0.3 is 0 Å². The van der Waals surface area contributed by atoms with Crippen molar-refractivity contribution < 1.29 is 118 Å². The molecule has 0 bridgehead atoms. The molecule has 0 heterocycles. The third-order valence-corrected chi connectivity index (χ3v) is 2.51. The van der Waals surface area contributed by atoms with Crippen molar-refractivity contribution in [2.24, 2.45) is 0 Å². The Labute approximate surface area is 153 Å². The van der Waals surface area contributed by atoms with Crippen LogP contribution in [-0.4, -0.2) is 0 Å². The zero-order chi connectivity index (χ0) is 7.33. The van der Waals surface area contributed by atoms with E-state index in [4.69, 9.17) is 21.0 Å². The number of hydrogen-bond donors (Lipinski definition) is 0. The van der Waals surface area contributed by atoms with Gasteiger partial charge in [0.05, 0.1) is 0 Å². The van der Waals surface area contributed by atoms with Crippen LogP contribution in [0, 0.1) is 39.2 Å². The monoisotopic (exact) mass is 288 g/mol. The normalized spacial score (nSPS) is 7.64. The molecule has 7 heteroatoms. The van der Waals surface area contributed by atoms with Gasteiger partial charge in [-0.25, -0.2) is 0 Å². The van der Waals surface area contributed by atoms with E-state index < -0.39 is 15.5 Å². The summed E-state index contributed by atoms with van der Waals surface area (Å²) in [4.78, 5) is 0. The molecule has 0 saturated heterocycles. The second-order valence-electron chi connectivity index (χ2n) is 0.757. The SMILES string of the molecule is N#[C][Pd-2]([C]#N)([C]#N)[C]#N.[K+].[K+]. The van der Waals surface area contributed by atoms with Gasteiger partial charge in [0.25, 0.3) is 0 Å². The molecule has 48 valence electrons. The van der Waals surface area contributed by atoms with E-state index >= 15 is 0 Å². The van der Waals surface area contributed by atoms with Gasteiger partial charge in [0, 0.05) is 0 Å². The molecule has 0 amide bonds. The fraction of sp³-hybridized carbons (Fsp3) is 0. The number of rotatable bonds is 0. The Hall–Kier alpha value is 1.90. The molecule has 0 aromatic carbocycles. The third kappa shape index (κ3) is 6.03. The smallest absolute Gasteiger partial charge is 1.00 e. The molecule has 0 unspecified atom stereocenters. The summed E-state index contributed by atoms with van der Waals surface area (Å²) in [7, 11) is 0. The first-order chi connectivity index (χ1) is 4.24. The molecule has 0 aromatic rings. The minimum Gasteiger partial charge on any atom is 1.00 e. The molecule has 0 atom stereocenters. The molecule has 0 aliphatic heterocycles. The largest absolute Gasteiger partial charge is 1.00 e. The molecule has 0 spiro atoms. The van der Waals surface area contributed by atoms with E-state index in [-0.39, 0.29) is 103 Å². The Morgan fingerprint density at radius 3 is 0.818 bits per heavy atom. The molecule has 0 aromatic heterocycles. The molecule has 0 fully saturated rings. The van der Waals surface area contributed by atoms with Crippen molar-refractivity contribution in [2.75, 3.05) is 0 Å². The van der Waals surface area contributed by atoms with Crippen LogP contribution >= 0.6 is 0 Å². The first-order valence-corrected chi connectivity index (χ1v) is 4.64. The van der Waals surface area contributed by atoms with Crippen LogP contribution in [0.25, 0.3) is 0 Å². The van der Waals surface area contributed by atoms with Crippen molar-refractivity contribution in [1.82, 2.24) is 0 Å². The maximum Gasteiger partial charge on any atom is 1.00 e. The first-order valence-electron chi connectivity index (χ1n) is 1.53. The van der Waals surface area contributed by atoms with Gasteiger partial charge in [0.1, 0.15) is 0 Å². The van der Waals surface area contributed by atoms with Crippen LogP contribution in [-0.2, 0) is 15.5 Å². The Morgan fingerprint density at radius 1 is 0.636 bits per heavy atom. The van der Waals surface area contributed by atoms with Crippen molar-refractivity contribution >= 4 is 0 Å². The summed E-state index contributed by atoms with van der Waals surface area (Å²) < 4.78 is 5.72. The van der Waals surface area contributed by atoms with Crippen molar-refractivity contribution in [3.63, 3.8) is 0 Å². The van der Waals surface area contributed by atoms with Crippen LogP contribution < -0.4 is 103 Å². The van der Waals surface area contributed by atoms with Crippen molar-refractivity contribution in [3.05, 3.63) is 0 Å². The summed E-state index contributed by atoms with van der Waals surface area (Å²) in [6, 6.07) is 0. The standard InChI is InChI=1S/4CN.2K.Pd/c4*1-2;;;/q;;;;2*+1;-2. The molecular weight excluding hydrogens is 289 g/mol. The number of nitriles is 4. The molecular formula is C4K2N4Pd. The van der Waals surface area contributed by atoms with Gasteiger partial charge >= 0.3 is 158 Å². The van der Waals surface area contributed by atoms with Crippen LogP contribution in [0.1, 0.15) is 0 Å². The van der Waals surface area contributed by atoms with E-state index in [9.17, 15) is 0 Å². The Morgan fingerprint density at radius 2 is 0.818 bits per heavy atom. The van der Waals surface area contributed by atoms with Crippen LogP contribution in [0.5, 0.6) is 0 Å². The zero-order valence-corrected chi connectivity index (χ0v) is 13.9. The minimum absolute atomic E-state index is 0. The zero-order valence-electron chi connectivity index (χ0n) is 6.11. The summed E-state index contributed by atoms with van der Waals surface area (Å²) >= 11 is -3.58. The number of hydrogen-bond acceptors (Lipinski definition) is 4. The minimum atomic E-state index is -3.58. The summed E-state index contributed by atoms with van der Waals surface area (Å²) in [6.45, 7) is 0. The Balaban J connectivity index is -0.000000320. The Bertz CT molecular complexity index is 213. The summed E-state index contributed by atoms with van der Waals surface area (Å²) in [6.07, 6.45) is 0. The van der Waals surface area contributed by atoms with E-state index in [0.717, 1.165) is 0 Å². The van der Waals surface area contributed by atoms with Crippen LogP contribution in [0.2, 0.25) is 0 Å². The van der Waals surface area contributed by atoms with Crippen LogP contribution in [0.15, 0.2) is 0 Å². The van der Waals surface area contributed by atoms with Gasteiger partial charge in [-0.2, -0.15) is 0 Å². The molecule has 0 saturated carbocycles. The van der Waals surface area contributed by atoms with Gasteiger partial charge in [0.15, 0.2) is 0 Å². The average Bonchev–Trinajstić information content (AvgIpc) is 1.95.